The molecule has 1 aliphatic carbocycles. The molecule has 3 atom stereocenters. The predicted octanol–water partition coefficient (Wildman–Crippen LogP) is 0.826. The molecule has 5 heteroatoms. The first kappa shape index (κ1) is 15.7. The van der Waals surface area contributed by atoms with Crippen LogP contribution in [0.3, 0.4) is 0 Å². The van der Waals surface area contributed by atoms with E-state index in [9.17, 15) is 4.79 Å². The van der Waals surface area contributed by atoms with Gasteiger partial charge < -0.3 is 15.4 Å². The van der Waals surface area contributed by atoms with Crippen LogP contribution in [0.15, 0.2) is 0 Å². The SMILES string of the molecule is CCC1CN(C)CCCN1C1CCC(N)(C(=O)OC)C1. The molecule has 1 aliphatic heterocycles. The van der Waals surface area contributed by atoms with Gasteiger partial charge in [-0.3, -0.25) is 9.69 Å². The number of methoxy groups -OCH3 is 1. The molecule has 1 saturated heterocycles. The molecule has 20 heavy (non-hydrogen) atoms. The molecule has 1 heterocycles. The summed E-state index contributed by atoms with van der Waals surface area (Å²) in [5.74, 6) is -0.250. The second kappa shape index (κ2) is 6.41. The van der Waals surface area contributed by atoms with E-state index in [0.29, 0.717) is 12.1 Å². The highest BCUT2D eigenvalue weighted by Gasteiger charge is 2.45. The Bertz CT molecular complexity index is 350. The Kier molecular flexibility index (Phi) is 5.04. The van der Waals surface area contributed by atoms with E-state index in [0.717, 1.165) is 45.3 Å². The van der Waals surface area contributed by atoms with E-state index in [-0.39, 0.29) is 5.97 Å². The van der Waals surface area contributed by atoms with Crippen molar-refractivity contribution in [2.45, 2.75) is 56.7 Å². The molecule has 0 aromatic rings. The molecular weight excluding hydrogens is 254 g/mol. The number of hydrogen-bond donors (Lipinski definition) is 1. The molecule has 2 N–H and O–H groups in total. The van der Waals surface area contributed by atoms with Gasteiger partial charge in [-0.25, -0.2) is 0 Å². The first-order valence-electron chi connectivity index (χ1n) is 7.81. The molecule has 2 rings (SSSR count). The number of hydrogen-bond acceptors (Lipinski definition) is 5. The fraction of sp³-hybridized carbons (Fsp3) is 0.933. The number of esters is 1. The Morgan fingerprint density at radius 1 is 1.45 bits per heavy atom. The standard InChI is InChI=1S/C15H29N3O2/c1-4-12-11-17(2)8-5-9-18(12)13-6-7-15(16,10-13)14(19)20-3/h12-13H,4-11,16H2,1-3H3. The molecule has 116 valence electrons. The smallest absolute Gasteiger partial charge is 0.325 e. The van der Waals surface area contributed by atoms with Crippen molar-refractivity contribution in [3.05, 3.63) is 0 Å². The normalized spacial score (nSPS) is 36.8. The van der Waals surface area contributed by atoms with Gasteiger partial charge in [-0.1, -0.05) is 6.92 Å². The average molecular weight is 283 g/mol. The maximum Gasteiger partial charge on any atom is 0.325 e. The van der Waals surface area contributed by atoms with Gasteiger partial charge in [0.1, 0.15) is 5.54 Å². The number of nitrogens with two attached hydrogens (primary N) is 1. The Balaban J connectivity index is 2.05. The topological polar surface area (TPSA) is 58.8 Å². The average Bonchev–Trinajstić information content (AvgIpc) is 2.73. The summed E-state index contributed by atoms with van der Waals surface area (Å²) in [7, 11) is 3.63. The van der Waals surface area contributed by atoms with Crippen molar-refractivity contribution in [2.75, 3.05) is 33.8 Å². The minimum absolute atomic E-state index is 0.250. The van der Waals surface area contributed by atoms with Gasteiger partial charge in [0, 0.05) is 18.6 Å². The van der Waals surface area contributed by atoms with Crippen LogP contribution in [0, 0.1) is 0 Å². The summed E-state index contributed by atoms with van der Waals surface area (Å²) in [5, 5.41) is 0. The minimum atomic E-state index is -0.768. The lowest BCUT2D eigenvalue weighted by molar-refractivity contribution is -0.147. The zero-order valence-electron chi connectivity index (χ0n) is 13.1. The first-order valence-corrected chi connectivity index (χ1v) is 7.81. The predicted molar refractivity (Wildman–Crippen MR) is 79.5 cm³/mol. The van der Waals surface area contributed by atoms with E-state index in [1.165, 1.54) is 13.5 Å². The number of rotatable bonds is 3. The maximum atomic E-state index is 11.9. The largest absolute Gasteiger partial charge is 0.468 e. The summed E-state index contributed by atoms with van der Waals surface area (Å²) in [4.78, 5) is 16.9. The lowest BCUT2D eigenvalue weighted by Gasteiger charge is -2.35. The lowest BCUT2D eigenvalue weighted by Crippen LogP contribution is -2.50. The number of likely N-dealkylation sites (N-methyl/N-ethyl adjacent to an activating group) is 1. The van der Waals surface area contributed by atoms with Crippen LogP contribution >= 0.6 is 0 Å². The van der Waals surface area contributed by atoms with Crippen LogP contribution in [-0.2, 0) is 9.53 Å². The van der Waals surface area contributed by atoms with Crippen LogP contribution in [0.25, 0.3) is 0 Å². The number of carbonyl (C=O) groups excluding carboxylic acids is 1. The van der Waals surface area contributed by atoms with Gasteiger partial charge >= 0.3 is 5.97 Å². The molecule has 0 amide bonds. The highest BCUT2D eigenvalue weighted by molar-refractivity contribution is 5.81. The third kappa shape index (κ3) is 3.15. The van der Waals surface area contributed by atoms with E-state index >= 15 is 0 Å². The van der Waals surface area contributed by atoms with E-state index in [2.05, 4.69) is 23.8 Å². The minimum Gasteiger partial charge on any atom is -0.468 e. The van der Waals surface area contributed by atoms with Gasteiger partial charge in [-0.2, -0.15) is 0 Å². The van der Waals surface area contributed by atoms with Gasteiger partial charge in [-0.05, 0) is 52.2 Å². The van der Waals surface area contributed by atoms with Crippen LogP contribution in [0.4, 0.5) is 0 Å². The zero-order valence-corrected chi connectivity index (χ0v) is 13.1. The second-order valence-corrected chi connectivity index (χ2v) is 6.46. The summed E-state index contributed by atoms with van der Waals surface area (Å²) in [6.45, 7) is 5.64. The van der Waals surface area contributed by atoms with Crippen LogP contribution < -0.4 is 5.73 Å². The summed E-state index contributed by atoms with van der Waals surface area (Å²) in [6, 6.07) is 1.00. The van der Waals surface area contributed by atoms with Crippen LogP contribution in [0.1, 0.15) is 39.0 Å². The van der Waals surface area contributed by atoms with Crippen LogP contribution in [0.2, 0.25) is 0 Å². The summed E-state index contributed by atoms with van der Waals surface area (Å²) < 4.78 is 4.88. The van der Waals surface area contributed by atoms with E-state index in [1.54, 1.807) is 0 Å². The molecule has 0 aromatic heterocycles. The van der Waals surface area contributed by atoms with Crippen LogP contribution in [0.5, 0.6) is 0 Å². The first-order chi connectivity index (χ1) is 9.50. The van der Waals surface area contributed by atoms with E-state index in [1.807, 2.05) is 0 Å². The molecule has 5 nitrogen and oxygen atoms in total. The van der Waals surface area contributed by atoms with E-state index in [4.69, 9.17) is 10.5 Å². The van der Waals surface area contributed by atoms with Gasteiger partial charge in [0.2, 0.25) is 0 Å². The van der Waals surface area contributed by atoms with E-state index < -0.39 is 5.54 Å². The van der Waals surface area contributed by atoms with Gasteiger partial charge in [0.05, 0.1) is 7.11 Å². The maximum absolute atomic E-state index is 11.9. The van der Waals surface area contributed by atoms with Crippen molar-refractivity contribution in [3.63, 3.8) is 0 Å². The molecule has 0 bridgehead atoms. The molecule has 2 fully saturated rings. The Labute approximate surface area is 122 Å². The quantitative estimate of drug-likeness (QED) is 0.777. The Morgan fingerprint density at radius 3 is 2.85 bits per heavy atom. The number of ether oxygens (including phenoxy) is 1. The second-order valence-electron chi connectivity index (χ2n) is 6.46. The monoisotopic (exact) mass is 283 g/mol. The van der Waals surface area contributed by atoms with Crippen molar-refractivity contribution in [3.8, 4) is 0 Å². The Hall–Kier alpha value is -0.650. The van der Waals surface area contributed by atoms with Gasteiger partial charge in [0.15, 0.2) is 0 Å². The molecule has 0 spiro atoms. The molecule has 0 aromatic carbocycles. The highest BCUT2D eigenvalue weighted by Crippen LogP contribution is 2.34. The van der Waals surface area contributed by atoms with Gasteiger partial charge in [-0.15, -0.1) is 0 Å². The summed E-state index contributed by atoms with van der Waals surface area (Å²) in [6.07, 6.45) is 4.83. The van der Waals surface area contributed by atoms with Crippen LogP contribution in [-0.4, -0.2) is 67.2 Å². The third-order valence-corrected chi connectivity index (χ3v) is 5.00. The van der Waals surface area contributed by atoms with Crippen molar-refractivity contribution >= 4 is 5.97 Å². The van der Waals surface area contributed by atoms with Crippen molar-refractivity contribution in [1.29, 1.82) is 0 Å². The Morgan fingerprint density at radius 2 is 2.20 bits per heavy atom. The fourth-order valence-corrected chi connectivity index (χ4v) is 3.83. The highest BCUT2D eigenvalue weighted by atomic mass is 16.5. The lowest BCUT2D eigenvalue weighted by atomic mass is 9.98. The zero-order chi connectivity index (χ0) is 14.8. The third-order valence-electron chi connectivity index (χ3n) is 5.00. The molecule has 0 radical (unpaired) electrons. The fourth-order valence-electron chi connectivity index (χ4n) is 3.83. The van der Waals surface area contributed by atoms with Crippen molar-refractivity contribution < 1.29 is 9.53 Å². The molecule has 3 unspecified atom stereocenters. The number of nitrogens with zero attached hydrogens (tertiary/aromatic N) is 2. The molecular formula is C15H29N3O2. The molecule has 2 aliphatic rings. The summed E-state index contributed by atoms with van der Waals surface area (Å²) >= 11 is 0. The van der Waals surface area contributed by atoms with Crippen molar-refractivity contribution in [2.24, 2.45) is 5.73 Å². The molecule has 1 saturated carbocycles. The summed E-state index contributed by atoms with van der Waals surface area (Å²) in [5.41, 5.74) is 5.48. The van der Waals surface area contributed by atoms with Gasteiger partial charge in [0.25, 0.3) is 0 Å². The van der Waals surface area contributed by atoms with Crippen molar-refractivity contribution in [1.82, 2.24) is 9.80 Å². The number of carbonyl (C=O) groups is 1.